The number of nitrogens with zero attached hydrogens (tertiary/aromatic N) is 1. The third-order valence-electron chi connectivity index (χ3n) is 1.96. The summed E-state index contributed by atoms with van der Waals surface area (Å²) in [5, 5.41) is 8.14. The smallest absolute Gasteiger partial charge is 0.476 e. The van der Waals surface area contributed by atoms with E-state index in [1.807, 2.05) is 0 Å². The minimum absolute atomic E-state index is 0.483. The van der Waals surface area contributed by atoms with Gasteiger partial charge in [0.15, 0.2) is 11.4 Å². The van der Waals surface area contributed by atoms with Crippen molar-refractivity contribution in [2.75, 3.05) is 0 Å². The van der Waals surface area contributed by atoms with Gasteiger partial charge in [0.1, 0.15) is 5.56 Å². The van der Waals surface area contributed by atoms with Gasteiger partial charge in [-0.1, -0.05) is 15.9 Å². The molecule has 0 fully saturated rings. The Labute approximate surface area is 115 Å². The number of hydrogen-bond donors (Lipinski definition) is 1. The number of aromatic carboxylic acids is 1. The first-order valence-corrected chi connectivity index (χ1v) is 5.73. The Balaban J connectivity index is 3.65. The molecule has 4 nitrogen and oxygen atoms in total. The van der Waals surface area contributed by atoms with Crippen LogP contribution >= 0.6 is 15.9 Å². The molecule has 0 aliphatic rings. The molecule has 1 N–H and O–H groups in total. The van der Waals surface area contributed by atoms with Crippen molar-refractivity contribution < 1.29 is 41.0 Å². The van der Waals surface area contributed by atoms with Gasteiger partial charge in [-0.25, -0.2) is 9.78 Å². The lowest BCUT2D eigenvalue weighted by Gasteiger charge is -2.18. The van der Waals surface area contributed by atoms with Crippen LogP contribution in [0.3, 0.4) is 0 Å². The highest BCUT2D eigenvalue weighted by molar-refractivity contribution is 9.08. The number of carboxylic acids is 1. The standard InChI is InChI=1S/C9H4BrF6NO3/c10-1-3-2-17-5(7(18)19)6(20-9(14,15)16)4(3)8(11,12)13/h2H,1H2,(H,18,19). The summed E-state index contributed by atoms with van der Waals surface area (Å²) in [7, 11) is 0. The predicted molar refractivity (Wildman–Crippen MR) is 55.5 cm³/mol. The average molecular weight is 368 g/mol. The van der Waals surface area contributed by atoms with Crippen molar-refractivity contribution in [3.63, 3.8) is 0 Å². The van der Waals surface area contributed by atoms with Gasteiger partial charge in [-0.15, -0.1) is 13.2 Å². The first-order chi connectivity index (χ1) is 8.97. The summed E-state index contributed by atoms with van der Waals surface area (Å²) in [5.74, 6) is -3.95. The van der Waals surface area contributed by atoms with Crippen LogP contribution in [0.1, 0.15) is 21.6 Å². The molecule has 0 saturated heterocycles. The molecule has 0 aliphatic heterocycles. The molecular formula is C9H4BrF6NO3. The topological polar surface area (TPSA) is 59.4 Å². The Bertz CT molecular complexity index is 528. The van der Waals surface area contributed by atoms with E-state index in [1.54, 1.807) is 0 Å². The average Bonchev–Trinajstić information content (AvgIpc) is 2.23. The van der Waals surface area contributed by atoms with Crippen molar-refractivity contribution in [3.8, 4) is 5.75 Å². The number of ether oxygens (including phenoxy) is 1. The summed E-state index contributed by atoms with van der Waals surface area (Å²) in [6.45, 7) is 0. The highest BCUT2D eigenvalue weighted by Gasteiger charge is 2.44. The minimum atomic E-state index is -5.49. The first-order valence-electron chi connectivity index (χ1n) is 4.61. The van der Waals surface area contributed by atoms with Gasteiger partial charge in [-0.3, -0.25) is 0 Å². The lowest BCUT2D eigenvalue weighted by molar-refractivity contribution is -0.276. The van der Waals surface area contributed by atoms with Crippen molar-refractivity contribution >= 4 is 21.9 Å². The lowest BCUT2D eigenvalue weighted by atomic mass is 10.1. The molecule has 0 bridgehead atoms. The van der Waals surface area contributed by atoms with Gasteiger partial charge in [0, 0.05) is 11.5 Å². The Morgan fingerprint density at radius 3 is 2.20 bits per heavy atom. The number of aromatic nitrogens is 1. The zero-order chi connectivity index (χ0) is 15.7. The van der Waals surface area contributed by atoms with Crippen LogP contribution in [0, 0.1) is 0 Å². The predicted octanol–water partition coefficient (Wildman–Crippen LogP) is 3.59. The van der Waals surface area contributed by atoms with Crippen LogP contribution < -0.4 is 4.74 Å². The Morgan fingerprint density at radius 1 is 1.30 bits per heavy atom. The van der Waals surface area contributed by atoms with E-state index in [0.29, 0.717) is 6.20 Å². The van der Waals surface area contributed by atoms with Gasteiger partial charge < -0.3 is 9.84 Å². The fraction of sp³-hybridized carbons (Fsp3) is 0.333. The maximum absolute atomic E-state index is 12.8. The highest BCUT2D eigenvalue weighted by Crippen LogP contribution is 2.42. The van der Waals surface area contributed by atoms with Crippen molar-refractivity contribution in [2.24, 2.45) is 0 Å². The normalized spacial score (nSPS) is 12.3. The van der Waals surface area contributed by atoms with Crippen LogP contribution in [-0.4, -0.2) is 22.4 Å². The first kappa shape index (κ1) is 16.5. The fourth-order valence-electron chi connectivity index (χ4n) is 1.31. The van der Waals surface area contributed by atoms with E-state index >= 15 is 0 Å². The second-order valence-electron chi connectivity index (χ2n) is 3.32. The molecule has 0 aliphatic carbocycles. The number of halogens is 7. The Kier molecular flexibility index (Phi) is 4.52. The fourth-order valence-corrected chi connectivity index (χ4v) is 1.73. The molecule has 0 unspecified atom stereocenters. The molecule has 1 rings (SSSR count). The Hall–Kier alpha value is -1.52. The van der Waals surface area contributed by atoms with Crippen molar-refractivity contribution in [3.05, 3.63) is 23.0 Å². The van der Waals surface area contributed by atoms with Gasteiger partial charge >= 0.3 is 18.5 Å². The zero-order valence-corrected chi connectivity index (χ0v) is 10.7. The molecule has 112 valence electrons. The maximum Gasteiger partial charge on any atom is 0.573 e. The molecule has 20 heavy (non-hydrogen) atoms. The minimum Gasteiger partial charge on any atom is -0.476 e. The maximum atomic E-state index is 12.8. The van der Waals surface area contributed by atoms with E-state index in [4.69, 9.17) is 5.11 Å². The van der Waals surface area contributed by atoms with E-state index in [-0.39, 0.29) is 0 Å². The number of carbonyl (C=O) groups is 1. The molecular weight excluding hydrogens is 364 g/mol. The number of alkyl halides is 7. The summed E-state index contributed by atoms with van der Waals surface area (Å²) in [6.07, 6.45) is -10.2. The van der Waals surface area contributed by atoms with Crippen LogP contribution in [0.4, 0.5) is 26.3 Å². The van der Waals surface area contributed by atoms with Crippen LogP contribution in [0.2, 0.25) is 0 Å². The lowest BCUT2D eigenvalue weighted by Crippen LogP contribution is -2.24. The number of hydrogen-bond acceptors (Lipinski definition) is 3. The van der Waals surface area contributed by atoms with Crippen molar-refractivity contribution in [1.29, 1.82) is 0 Å². The van der Waals surface area contributed by atoms with Gasteiger partial charge in [0.25, 0.3) is 0 Å². The number of carboxylic acid groups (broad SMARTS) is 1. The van der Waals surface area contributed by atoms with Crippen LogP contribution in [-0.2, 0) is 11.5 Å². The summed E-state index contributed by atoms with van der Waals surface area (Å²) < 4.78 is 78.2. The SMILES string of the molecule is O=C(O)c1ncc(CBr)c(C(F)(F)F)c1OC(F)(F)F. The van der Waals surface area contributed by atoms with Crippen molar-refractivity contribution in [2.45, 2.75) is 17.9 Å². The summed E-state index contributed by atoms with van der Waals surface area (Å²) >= 11 is 2.65. The summed E-state index contributed by atoms with van der Waals surface area (Å²) in [4.78, 5) is 13.8. The molecule has 0 amide bonds. The summed E-state index contributed by atoms with van der Waals surface area (Å²) in [5.41, 5.74) is -3.99. The highest BCUT2D eigenvalue weighted by atomic mass is 79.9. The van der Waals surface area contributed by atoms with Gasteiger partial charge in [-0.2, -0.15) is 13.2 Å². The van der Waals surface area contributed by atoms with Crippen molar-refractivity contribution in [1.82, 2.24) is 4.98 Å². The van der Waals surface area contributed by atoms with Gasteiger partial charge in [0.2, 0.25) is 0 Å². The Morgan fingerprint density at radius 2 is 1.85 bits per heavy atom. The quantitative estimate of drug-likeness (QED) is 0.655. The van der Waals surface area contributed by atoms with Crippen LogP contribution in [0.15, 0.2) is 6.20 Å². The molecule has 1 aromatic heterocycles. The number of pyridine rings is 1. The molecule has 0 saturated carbocycles. The third kappa shape index (κ3) is 3.74. The largest absolute Gasteiger partial charge is 0.573 e. The monoisotopic (exact) mass is 367 g/mol. The molecule has 1 heterocycles. The van der Waals surface area contributed by atoms with E-state index in [1.165, 1.54) is 0 Å². The van der Waals surface area contributed by atoms with Gasteiger partial charge in [-0.05, 0) is 5.56 Å². The number of rotatable bonds is 3. The molecule has 11 heteroatoms. The van der Waals surface area contributed by atoms with E-state index < -0.39 is 46.4 Å². The van der Waals surface area contributed by atoms with Crippen LogP contribution in [0.5, 0.6) is 5.75 Å². The summed E-state index contributed by atoms with van der Waals surface area (Å²) in [6, 6.07) is 0. The third-order valence-corrected chi connectivity index (χ3v) is 2.56. The zero-order valence-electron chi connectivity index (χ0n) is 9.14. The molecule has 0 aromatic carbocycles. The van der Waals surface area contributed by atoms with Crippen LogP contribution in [0.25, 0.3) is 0 Å². The second kappa shape index (κ2) is 5.46. The second-order valence-corrected chi connectivity index (χ2v) is 3.88. The van der Waals surface area contributed by atoms with Gasteiger partial charge in [0.05, 0.1) is 0 Å². The van der Waals surface area contributed by atoms with E-state index in [0.717, 1.165) is 0 Å². The molecule has 0 radical (unpaired) electrons. The van der Waals surface area contributed by atoms with E-state index in [9.17, 15) is 31.1 Å². The molecule has 0 atom stereocenters. The van der Waals surface area contributed by atoms with E-state index in [2.05, 4.69) is 25.7 Å². The molecule has 1 aromatic rings. The molecule has 0 spiro atoms.